The zero-order valence-electron chi connectivity index (χ0n) is 19.3. The predicted molar refractivity (Wildman–Crippen MR) is 122 cm³/mol. The predicted octanol–water partition coefficient (Wildman–Crippen LogP) is 3.73. The Kier molecular flexibility index (Phi) is 7.17. The lowest BCUT2D eigenvalue weighted by Gasteiger charge is -2.28. The molecule has 0 aromatic heterocycles. The Balaban J connectivity index is 1.38. The lowest BCUT2D eigenvalue weighted by Crippen LogP contribution is -2.40. The maximum Gasteiger partial charge on any atom is 0.231 e. The Morgan fingerprint density at radius 2 is 1.91 bits per heavy atom. The molecule has 0 spiro atoms. The Hall–Kier alpha value is -2.68. The second-order valence-corrected chi connectivity index (χ2v) is 9.44. The largest absolute Gasteiger partial charge is 0.454 e. The van der Waals surface area contributed by atoms with E-state index in [2.05, 4.69) is 10.1 Å². The quantitative estimate of drug-likeness (QED) is 0.618. The third-order valence-corrected chi connectivity index (χ3v) is 5.40. The van der Waals surface area contributed by atoms with Gasteiger partial charge in [0.25, 0.3) is 0 Å². The third kappa shape index (κ3) is 6.66. The molecule has 2 atom stereocenters. The first-order valence-electron chi connectivity index (χ1n) is 11.2. The topological polar surface area (TPSA) is 72.8 Å². The van der Waals surface area contributed by atoms with Crippen LogP contribution >= 0.6 is 0 Å². The highest BCUT2D eigenvalue weighted by molar-refractivity contribution is 6.01. The fourth-order valence-corrected chi connectivity index (χ4v) is 3.81. The Morgan fingerprint density at radius 3 is 2.67 bits per heavy atom. The summed E-state index contributed by atoms with van der Waals surface area (Å²) in [4.78, 5) is 7.81. The first-order chi connectivity index (χ1) is 15.7. The number of hydrogen-bond donors (Lipinski definition) is 1. The number of hydrogen-bond acceptors (Lipinski definition) is 7. The number of aliphatic hydroxyl groups is 1. The zero-order valence-corrected chi connectivity index (χ0v) is 19.3. The summed E-state index contributed by atoms with van der Waals surface area (Å²) in [6.07, 6.45) is -0.198. The lowest BCUT2D eigenvalue weighted by molar-refractivity contribution is -0.0600. The minimum Gasteiger partial charge on any atom is -0.454 e. The van der Waals surface area contributed by atoms with Gasteiger partial charge in [0.1, 0.15) is 11.9 Å². The molecule has 0 amide bonds. The number of rotatable bonds is 9. The second kappa shape index (κ2) is 10.1. The maximum atomic E-state index is 13.3. The number of oxime groups is 1. The van der Waals surface area contributed by atoms with E-state index in [1.807, 2.05) is 39.0 Å². The van der Waals surface area contributed by atoms with Crippen molar-refractivity contribution < 1.29 is 28.5 Å². The summed E-state index contributed by atoms with van der Waals surface area (Å²) in [6.45, 7) is 7.82. The van der Waals surface area contributed by atoms with Crippen molar-refractivity contribution in [1.29, 1.82) is 0 Å². The van der Waals surface area contributed by atoms with Gasteiger partial charge in [0.05, 0.1) is 24.0 Å². The van der Waals surface area contributed by atoms with Crippen LogP contribution in [-0.4, -0.2) is 60.0 Å². The molecule has 0 unspecified atom stereocenters. The van der Waals surface area contributed by atoms with E-state index in [-0.39, 0.29) is 30.9 Å². The van der Waals surface area contributed by atoms with Crippen LogP contribution < -0.4 is 9.47 Å². The van der Waals surface area contributed by atoms with E-state index in [9.17, 15) is 9.50 Å². The first-order valence-corrected chi connectivity index (χ1v) is 11.2. The minimum absolute atomic E-state index is 0.165. The Bertz CT molecular complexity index is 974. The molecule has 0 bridgehead atoms. The Morgan fingerprint density at radius 1 is 1.15 bits per heavy atom. The molecule has 0 radical (unpaired) electrons. The van der Waals surface area contributed by atoms with E-state index in [0.29, 0.717) is 31.8 Å². The average Bonchev–Trinajstić information content (AvgIpc) is 3.42. The maximum absolute atomic E-state index is 13.3. The number of benzene rings is 2. The van der Waals surface area contributed by atoms with Crippen molar-refractivity contribution >= 4 is 5.71 Å². The first kappa shape index (κ1) is 23.5. The van der Waals surface area contributed by atoms with E-state index >= 15 is 0 Å². The summed E-state index contributed by atoms with van der Waals surface area (Å²) < 4.78 is 29.9. The van der Waals surface area contributed by atoms with Crippen molar-refractivity contribution in [1.82, 2.24) is 4.90 Å². The van der Waals surface area contributed by atoms with Gasteiger partial charge in [0.15, 0.2) is 11.5 Å². The zero-order chi connectivity index (χ0) is 23.4. The van der Waals surface area contributed by atoms with E-state index < -0.39 is 6.10 Å². The van der Waals surface area contributed by atoms with Gasteiger partial charge in [-0.1, -0.05) is 17.3 Å². The molecule has 0 saturated heterocycles. The molecular weight excluding hydrogens is 427 g/mol. The summed E-state index contributed by atoms with van der Waals surface area (Å²) >= 11 is 0. The van der Waals surface area contributed by atoms with Gasteiger partial charge < -0.3 is 24.2 Å². The highest BCUT2D eigenvalue weighted by Gasteiger charge is 2.27. The van der Waals surface area contributed by atoms with Crippen LogP contribution in [0.5, 0.6) is 11.5 Å². The average molecular weight is 459 g/mol. The molecule has 2 aliphatic heterocycles. The minimum atomic E-state index is -0.666. The summed E-state index contributed by atoms with van der Waals surface area (Å²) in [7, 11) is 0. The lowest BCUT2D eigenvalue weighted by atomic mass is 10.0. The van der Waals surface area contributed by atoms with Gasteiger partial charge in [-0.25, -0.2) is 4.39 Å². The van der Waals surface area contributed by atoms with Crippen LogP contribution in [0.1, 0.15) is 38.3 Å². The standard InChI is InChI=1S/C25H31FN2O5/c1-25(2,3)32-15-20(29)13-28(12-17-4-7-19(26)8-5-17)14-21-11-22(27-33-21)18-6-9-23-24(10-18)31-16-30-23/h4-10,20-21,29H,11-16H2,1-3H3/t20-,21+/m1/s1. The molecule has 1 N–H and O–H groups in total. The van der Waals surface area contributed by atoms with Gasteiger partial charge in [0.2, 0.25) is 6.79 Å². The van der Waals surface area contributed by atoms with Crippen LogP contribution in [0, 0.1) is 5.82 Å². The molecule has 2 aliphatic rings. The van der Waals surface area contributed by atoms with Crippen molar-refractivity contribution in [2.45, 2.75) is 51.5 Å². The number of nitrogens with zero attached hydrogens (tertiary/aromatic N) is 2. The van der Waals surface area contributed by atoms with Gasteiger partial charge in [-0.15, -0.1) is 0 Å². The van der Waals surface area contributed by atoms with Crippen LogP contribution in [0.4, 0.5) is 4.39 Å². The highest BCUT2D eigenvalue weighted by atomic mass is 19.1. The molecule has 0 aliphatic carbocycles. The fourth-order valence-electron chi connectivity index (χ4n) is 3.81. The molecule has 0 fully saturated rings. The molecule has 2 heterocycles. The van der Waals surface area contributed by atoms with Crippen LogP contribution in [0.25, 0.3) is 0 Å². The van der Waals surface area contributed by atoms with E-state index in [1.54, 1.807) is 12.1 Å². The summed E-state index contributed by atoms with van der Waals surface area (Å²) in [6, 6.07) is 12.1. The van der Waals surface area contributed by atoms with Gasteiger partial charge >= 0.3 is 0 Å². The molecule has 178 valence electrons. The second-order valence-electron chi connectivity index (χ2n) is 9.44. The third-order valence-electron chi connectivity index (χ3n) is 5.40. The monoisotopic (exact) mass is 458 g/mol. The number of ether oxygens (including phenoxy) is 3. The van der Waals surface area contributed by atoms with Crippen molar-refractivity contribution in [2.24, 2.45) is 5.16 Å². The SMILES string of the molecule is CC(C)(C)OC[C@H](O)CN(Cc1ccc(F)cc1)C[C@@H]1CC(c2ccc3c(c2)OCO3)=NO1. The van der Waals surface area contributed by atoms with Crippen molar-refractivity contribution in [3.8, 4) is 11.5 Å². The normalized spacial score (nSPS) is 18.4. The van der Waals surface area contributed by atoms with Crippen molar-refractivity contribution in [2.75, 3.05) is 26.5 Å². The number of fused-ring (bicyclic) bond motifs is 1. The molecule has 8 heteroatoms. The Labute approximate surface area is 193 Å². The van der Waals surface area contributed by atoms with E-state index in [0.717, 1.165) is 22.6 Å². The molecule has 2 aromatic rings. The van der Waals surface area contributed by atoms with Gasteiger partial charge in [-0.05, 0) is 56.7 Å². The highest BCUT2D eigenvalue weighted by Crippen LogP contribution is 2.33. The molecule has 33 heavy (non-hydrogen) atoms. The van der Waals surface area contributed by atoms with Crippen LogP contribution in [-0.2, 0) is 16.1 Å². The van der Waals surface area contributed by atoms with E-state index in [4.69, 9.17) is 19.0 Å². The number of aliphatic hydroxyl groups excluding tert-OH is 1. The van der Waals surface area contributed by atoms with Gasteiger partial charge in [0, 0.05) is 31.6 Å². The summed E-state index contributed by atoms with van der Waals surface area (Å²) in [5.74, 6) is 1.16. The molecule has 2 aromatic carbocycles. The van der Waals surface area contributed by atoms with Gasteiger partial charge in [-0.2, -0.15) is 0 Å². The van der Waals surface area contributed by atoms with Crippen LogP contribution in [0.3, 0.4) is 0 Å². The van der Waals surface area contributed by atoms with Gasteiger partial charge in [-0.3, -0.25) is 4.90 Å². The molecule has 7 nitrogen and oxygen atoms in total. The van der Waals surface area contributed by atoms with Crippen molar-refractivity contribution in [3.05, 3.63) is 59.4 Å². The molecule has 4 rings (SSSR count). The van der Waals surface area contributed by atoms with Crippen LogP contribution in [0.2, 0.25) is 0 Å². The summed E-state index contributed by atoms with van der Waals surface area (Å²) in [5.41, 5.74) is 2.40. The van der Waals surface area contributed by atoms with E-state index in [1.165, 1.54) is 12.1 Å². The van der Waals surface area contributed by atoms with Crippen LogP contribution in [0.15, 0.2) is 47.6 Å². The smallest absolute Gasteiger partial charge is 0.231 e. The fraction of sp³-hybridized carbons (Fsp3) is 0.480. The van der Waals surface area contributed by atoms with Crippen molar-refractivity contribution in [3.63, 3.8) is 0 Å². The molecule has 0 saturated carbocycles. The molecular formula is C25H31FN2O5. The summed E-state index contributed by atoms with van der Waals surface area (Å²) in [5, 5.41) is 14.9. The number of halogens is 1.